The molecule has 0 saturated carbocycles. The Morgan fingerprint density at radius 3 is 2.39 bits per heavy atom. The Morgan fingerprint density at radius 1 is 1.06 bits per heavy atom. The number of hydrogen-bond acceptors (Lipinski definition) is 4. The molecule has 2 fully saturated rings. The van der Waals surface area contributed by atoms with Gasteiger partial charge in [-0.1, -0.05) is 19.9 Å². The molecule has 2 heterocycles. The number of hydrogen-bond donors (Lipinski definition) is 0. The Bertz CT molecular complexity index is 881. The van der Waals surface area contributed by atoms with Gasteiger partial charge in [0.1, 0.15) is 0 Å². The van der Waals surface area contributed by atoms with Crippen LogP contribution in [0.1, 0.15) is 37.0 Å². The van der Waals surface area contributed by atoms with Crippen molar-refractivity contribution in [3.8, 4) is 0 Å². The summed E-state index contributed by atoms with van der Waals surface area (Å²) in [7, 11) is -3.72. The first kappa shape index (κ1) is 24.0. The summed E-state index contributed by atoms with van der Waals surface area (Å²) in [5, 5.41) is 0. The van der Waals surface area contributed by atoms with Crippen LogP contribution in [0.4, 0.5) is 13.2 Å². The molecule has 6 nitrogen and oxygen atoms in total. The van der Waals surface area contributed by atoms with Gasteiger partial charge < -0.3 is 4.90 Å². The van der Waals surface area contributed by atoms with Crippen molar-refractivity contribution >= 4 is 15.9 Å². The normalized spacial score (nSPS) is 24.7. The van der Waals surface area contributed by atoms with E-state index in [9.17, 15) is 26.4 Å². The molecular weight excluding hydrogens is 431 g/mol. The van der Waals surface area contributed by atoms with Gasteiger partial charge in [0.15, 0.2) is 0 Å². The smallest absolute Gasteiger partial charge is 0.337 e. The quantitative estimate of drug-likeness (QED) is 0.692. The van der Waals surface area contributed by atoms with Crippen molar-refractivity contribution in [2.45, 2.75) is 37.8 Å². The monoisotopic (exact) mass is 461 g/mol. The van der Waals surface area contributed by atoms with Gasteiger partial charge in [-0.3, -0.25) is 9.69 Å². The lowest BCUT2D eigenvalue weighted by molar-refractivity contribution is -0.145. The molecule has 0 spiro atoms. The van der Waals surface area contributed by atoms with Gasteiger partial charge in [0.2, 0.25) is 10.0 Å². The Hall–Kier alpha value is -1.65. The molecule has 10 heteroatoms. The number of rotatable bonds is 4. The maximum atomic E-state index is 13.1. The molecule has 1 aromatic carbocycles. The van der Waals surface area contributed by atoms with Gasteiger partial charge in [0.25, 0.3) is 5.91 Å². The van der Waals surface area contributed by atoms with Gasteiger partial charge in [-0.25, -0.2) is 8.42 Å². The highest BCUT2D eigenvalue weighted by Crippen LogP contribution is 2.27. The van der Waals surface area contributed by atoms with E-state index in [1.54, 1.807) is 12.1 Å². The highest BCUT2D eigenvalue weighted by molar-refractivity contribution is 7.89. The molecule has 2 aliphatic rings. The fourth-order valence-electron chi connectivity index (χ4n) is 4.51. The third-order valence-electron chi connectivity index (χ3n) is 5.83. The van der Waals surface area contributed by atoms with Crippen LogP contribution in [0, 0.1) is 11.8 Å². The number of alkyl halides is 3. The number of carbonyl (C=O) groups excluding carboxylic acids is 1. The van der Waals surface area contributed by atoms with Gasteiger partial charge in [-0.05, 0) is 42.9 Å². The molecule has 2 unspecified atom stereocenters. The van der Waals surface area contributed by atoms with Crippen LogP contribution in [0.25, 0.3) is 0 Å². The van der Waals surface area contributed by atoms with Gasteiger partial charge in [-0.2, -0.15) is 17.5 Å². The molecule has 0 bridgehead atoms. The van der Waals surface area contributed by atoms with Crippen LogP contribution in [0.2, 0.25) is 0 Å². The first-order valence-electron chi connectivity index (χ1n) is 10.6. The number of benzene rings is 1. The highest BCUT2D eigenvalue weighted by Gasteiger charge is 2.33. The average Bonchev–Trinajstić information content (AvgIpc) is 2.91. The van der Waals surface area contributed by atoms with Gasteiger partial charge in [0.05, 0.1) is 11.4 Å². The Morgan fingerprint density at radius 2 is 1.74 bits per heavy atom. The van der Waals surface area contributed by atoms with Crippen molar-refractivity contribution in [1.29, 1.82) is 0 Å². The van der Waals surface area contributed by atoms with E-state index >= 15 is 0 Å². The Labute approximate surface area is 182 Å². The zero-order valence-electron chi connectivity index (χ0n) is 17.9. The van der Waals surface area contributed by atoms with Crippen molar-refractivity contribution in [3.63, 3.8) is 0 Å². The van der Waals surface area contributed by atoms with E-state index in [0.717, 1.165) is 6.42 Å². The topological polar surface area (TPSA) is 60.9 Å². The number of carbonyl (C=O) groups is 1. The number of nitrogens with zero attached hydrogens (tertiary/aromatic N) is 3. The van der Waals surface area contributed by atoms with Crippen LogP contribution in [-0.2, 0) is 10.0 Å². The summed E-state index contributed by atoms with van der Waals surface area (Å²) in [4.78, 5) is 15.9. The third kappa shape index (κ3) is 6.20. The van der Waals surface area contributed by atoms with Crippen LogP contribution in [0.15, 0.2) is 29.2 Å². The summed E-state index contributed by atoms with van der Waals surface area (Å²) >= 11 is 0. The zero-order valence-corrected chi connectivity index (χ0v) is 18.8. The molecule has 174 valence electrons. The highest BCUT2D eigenvalue weighted by atomic mass is 32.2. The van der Waals surface area contributed by atoms with Crippen molar-refractivity contribution in [2.24, 2.45) is 11.8 Å². The van der Waals surface area contributed by atoms with Crippen LogP contribution in [0.5, 0.6) is 0 Å². The molecule has 0 radical (unpaired) electrons. The first-order valence-corrected chi connectivity index (χ1v) is 12.1. The van der Waals surface area contributed by atoms with Crippen molar-refractivity contribution in [2.75, 3.05) is 45.8 Å². The fourth-order valence-corrected chi connectivity index (χ4v) is 6.23. The lowest BCUT2D eigenvalue weighted by Crippen LogP contribution is -2.42. The molecule has 1 aromatic rings. The van der Waals surface area contributed by atoms with E-state index in [0.29, 0.717) is 26.1 Å². The van der Waals surface area contributed by atoms with Crippen LogP contribution in [0.3, 0.4) is 0 Å². The largest absolute Gasteiger partial charge is 0.401 e. The second-order valence-corrected chi connectivity index (χ2v) is 10.8. The third-order valence-corrected chi connectivity index (χ3v) is 7.66. The lowest BCUT2D eigenvalue weighted by atomic mass is 9.94. The summed E-state index contributed by atoms with van der Waals surface area (Å²) in [6.07, 6.45) is -2.86. The van der Waals surface area contributed by atoms with Crippen molar-refractivity contribution in [1.82, 2.24) is 14.1 Å². The maximum Gasteiger partial charge on any atom is 0.401 e. The molecule has 0 aromatic heterocycles. The van der Waals surface area contributed by atoms with E-state index in [4.69, 9.17) is 0 Å². The minimum Gasteiger partial charge on any atom is -0.337 e. The molecule has 1 amide bonds. The minimum absolute atomic E-state index is 0.0770. The molecule has 31 heavy (non-hydrogen) atoms. The van der Waals surface area contributed by atoms with Crippen molar-refractivity contribution in [3.05, 3.63) is 29.8 Å². The van der Waals surface area contributed by atoms with E-state index in [1.165, 1.54) is 26.2 Å². The second-order valence-electron chi connectivity index (χ2n) is 8.83. The summed E-state index contributed by atoms with van der Waals surface area (Å²) in [5.41, 5.74) is 0.239. The average molecular weight is 462 g/mol. The predicted molar refractivity (Wildman–Crippen MR) is 111 cm³/mol. The van der Waals surface area contributed by atoms with Gasteiger partial charge in [0, 0.05) is 44.8 Å². The summed E-state index contributed by atoms with van der Waals surface area (Å²) in [6.45, 7) is 4.88. The van der Waals surface area contributed by atoms with Crippen molar-refractivity contribution < 1.29 is 26.4 Å². The molecule has 2 atom stereocenters. The fraction of sp³-hybridized carbons (Fsp3) is 0.667. The van der Waals surface area contributed by atoms with Crippen LogP contribution in [-0.4, -0.2) is 80.4 Å². The lowest BCUT2D eigenvalue weighted by Gasteiger charge is -2.34. The molecule has 3 rings (SSSR count). The number of halogens is 3. The van der Waals surface area contributed by atoms with E-state index in [-0.39, 0.29) is 47.8 Å². The predicted octanol–water partition coefficient (Wildman–Crippen LogP) is 3.06. The van der Waals surface area contributed by atoms with Crippen LogP contribution < -0.4 is 0 Å². The summed E-state index contributed by atoms with van der Waals surface area (Å²) < 4.78 is 65.8. The minimum atomic E-state index is -4.27. The molecular formula is C21H30F3N3O3S. The molecule has 2 saturated heterocycles. The Kier molecular flexibility index (Phi) is 7.32. The molecule has 0 aliphatic carbocycles. The van der Waals surface area contributed by atoms with E-state index < -0.39 is 22.7 Å². The molecule has 0 N–H and O–H groups in total. The summed E-state index contributed by atoms with van der Waals surface area (Å²) in [5.74, 6) is 0.173. The standard InChI is InChI=1S/C21H30F3N3O3S/c1-16-11-17(2)14-27(13-16)31(29,30)19-6-3-5-18(12-19)20(28)26-8-4-7-25(9-10-26)15-21(22,23)24/h3,5-6,12,16-17H,4,7-11,13-15H2,1-2H3. The van der Waals surface area contributed by atoms with E-state index in [2.05, 4.69) is 0 Å². The SMILES string of the molecule is CC1CC(C)CN(S(=O)(=O)c2cccc(C(=O)N3CCCN(CC(F)(F)F)CC3)c2)C1. The van der Waals surface area contributed by atoms with Gasteiger partial charge >= 0.3 is 6.18 Å². The second kappa shape index (κ2) is 9.46. The molecule has 2 aliphatic heterocycles. The van der Waals surface area contributed by atoms with Gasteiger partial charge in [-0.15, -0.1) is 0 Å². The zero-order chi connectivity index (χ0) is 22.8. The summed E-state index contributed by atoms with van der Waals surface area (Å²) in [6, 6.07) is 5.98. The Balaban J connectivity index is 1.73. The first-order chi connectivity index (χ1) is 14.5. The number of amides is 1. The maximum absolute atomic E-state index is 13.1. The van der Waals surface area contributed by atoms with E-state index in [1.807, 2.05) is 13.8 Å². The van der Waals surface area contributed by atoms with Crippen LogP contribution >= 0.6 is 0 Å². The number of sulfonamides is 1. The number of piperidine rings is 1.